The molecular formula is C23H33N5O. The first kappa shape index (κ1) is 20.1. The maximum Gasteiger partial charge on any atom is 0.229 e. The van der Waals surface area contributed by atoms with Crippen LogP contribution in [-0.2, 0) is 0 Å². The molecule has 6 nitrogen and oxygen atoms in total. The number of anilines is 3. The highest BCUT2D eigenvalue weighted by atomic mass is 16.3. The Morgan fingerprint density at radius 2 is 1.83 bits per heavy atom. The van der Waals surface area contributed by atoms with Gasteiger partial charge < -0.3 is 20.6 Å². The molecule has 1 saturated heterocycles. The van der Waals surface area contributed by atoms with E-state index in [1.165, 1.54) is 11.1 Å². The van der Waals surface area contributed by atoms with Crippen LogP contribution in [0, 0.1) is 6.92 Å². The number of likely N-dealkylation sites (tertiary alicyclic amines) is 1. The van der Waals surface area contributed by atoms with Gasteiger partial charge in [0.15, 0.2) is 0 Å². The van der Waals surface area contributed by atoms with Gasteiger partial charge in [0.05, 0.1) is 6.10 Å². The molecule has 0 amide bonds. The topological polar surface area (TPSA) is 73.3 Å². The van der Waals surface area contributed by atoms with E-state index in [1.807, 2.05) is 18.3 Å². The number of nitrogens with zero attached hydrogens (tertiary/aromatic N) is 3. The van der Waals surface area contributed by atoms with Crippen LogP contribution in [0.4, 0.5) is 17.5 Å². The molecule has 0 bridgehead atoms. The standard InChI is InChI=1S/C23H33N5O/c1-16-4-3-5-19(14-16)26-23-24-15-21(17-10-12-28(2)13-11-17)22(27-23)25-18-6-8-20(29)9-7-18/h3-5,14-15,17-18,20,29H,6-13H2,1-2H3,(H2,24,25,26,27). The lowest BCUT2D eigenvalue weighted by atomic mass is 9.89. The van der Waals surface area contributed by atoms with E-state index >= 15 is 0 Å². The smallest absolute Gasteiger partial charge is 0.229 e. The van der Waals surface area contributed by atoms with Gasteiger partial charge in [0.2, 0.25) is 5.95 Å². The molecule has 2 aliphatic rings. The molecule has 1 saturated carbocycles. The molecule has 156 valence electrons. The Labute approximate surface area is 173 Å². The Balaban J connectivity index is 1.56. The normalized spacial score (nSPS) is 23.7. The zero-order valence-electron chi connectivity index (χ0n) is 17.6. The van der Waals surface area contributed by atoms with Gasteiger partial charge in [0, 0.05) is 23.5 Å². The molecule has 1 aromatic heterocycles. The monoisotopic (exact) mass is 395 g/mol. The maximum atomic E-state index is 9.84. The van der Waals surface area contributed by atoms with Crippen LogP contribution in [0.25, 0.3) is 0 Å². The van der Waals surface area contributed by atoms with Gasteiger partial charge in [-0.25, -0.2) is 4.98 Å². The fourth-order valence-electron chi connectivity index (χ4n) is 4.45. The van der Waals surface area contributed by atoms with E-state index in [4.69, 9.17) is 4.98 Å². The molecule has 2 aromatic rings. The molecule has 2 fully saturated rings. The Morgan fingerprint density at radius 1 is 1.07 bits per heavy atom. The van der Waals surface area contributed by atoms with Crippen LogP contribution < -0.4 is 10.6 Å². The lowest BCUT2D eigenvalue weighted by Gasteiger charge is -2.32. The van der Waals surface area contributed by atoms with E-state index in [2.05, 4.69) is 46.6 Å². The Bertz CT molecular complexity index is 811. The van der Waals surface area contributed by atoms with Crippen LogP contribution in [0.3, 0.4) is 0 Å². The number of aliphatic hydroxyl groups is 1. The third-order valence-corrected chi connectivity index (χ3v) is 6.29. The fraction of sp³-hybridized carbons (Fsp3) is 0.565. The first-order valence-corrected chi connectivity index (χ1v) is 10.9. The van der Waals surface area contributed by atoms with Crippen molar-refractivity contribution in [3.8, 4) is 0 Å². The quantitative estimate of drug-likeness (QED) is 0.709. The summed E-state index contributed by atoms with van der Waals surface area (Å²) in [6, 6.07) is 8.63. The van der Waals surface area contributed by atoms with Gasteiger partial charge >= 0.3 is 0 Å². The average molecular weight is 396 g/mol. The number of benzene rings is 1. The van der Waals surface area contributed by atoms with E-state index in [-0.39, 0.29) is 6.10 Å². The summed E-state index contributed by atoms with van der Waals surface area (Å²) < 4.78 is 0. The second-order valence-corrected chi connectivity index (χ2v) is 8.72. The van der Waals surface area contributed by atoms with Crippen molar-refractivity contribution in [3.05, 3.63) is 41.6 Å². The van der Waals surface area contributed by atoms with Crippen molar-refractivity contribution in [2.24, 2.45) is 0 Å². The summed E-state index contributed by atoms with van der Waals surface area (Å²) in [6.07, 6.45) is 7.84. The summed E-state index contributed by atoms with van der Waals surface area (Å²) in [6.45, 7) is 4.31. The molecule has 3 N–H and O–H groups in total. The van der Waals surface area contributed by atoms with Crippen LogP contribution in [0.5, 0.6) is 0 Å². The summed E-state index contributed by atoms with van der Waals surface area (Å²) in [7, 11) is 2.19. The van der Waals surface area contributed by atoms with Gasteiger partial charge in [-0.2, -0.15) is 4.98 Å². The van der Waals surface area contributed by atoms with E-state index in [1.54, 1.807) is 0 Å². The predicted octanol–water partition coefficient (Wildman–Crippen LogP) is 4.05. The number of hydrogen-bond acceptors (Lipinski definition) is 6. The summed E-state index contributed by atoms with van der Waals surface area (Å²) in [5.41, 5.74) is 3.44. The number of rotatable bonds is 5. The van der Waals surface area contributed by atoms with E-state index < -0.39 is 0 Å². The van der Waals surface area contributed by atoms with Gasteiger partial charge in [-0.05, 0) is 89.2 Å². The van der Waals surface area contributed by atoms with Crippen LogP contribution >= 0.6 is 0 Å². The molecule has 1 aliphatic carbocycles. The van der Waals surface area contributed by atoms with Crippen molar-refractivity contribution in [1.82, 2.24) is 14.9 Å². The number of hydrogen-bond donors (Lipinski definition) is 3. The third-order valence-electron chi connectivity index (χ3n) is 6.29. The largest absolute Gasteiger partial charge is 0.393 e. The molecule has 0 spiro atoms. The minimum atomic E-state index is -0.148. The van der Waals surface area contributed by atoms with Crippen LogP contribution in [0.15, 0.2) is 30.5 Å². The van der Waals surface area contributed by atoms with Crippen molar-refractivity contribution in [1.29, 1.82) is 0 Å². The molecule has 0 atom stereocenters. The van der Waals surface area contributed by atoms with Gasteiger partial charge in [-0.3, -0.25) is 0 Å². The van der Waals surface area contributed by atoms with Gasteiger partial charge in [0.25, 0.3) is 0 Å². The highest BCUT2D eigenvalue weighted by Gasteiger charge is 2.25. The molecule has 1 aliphatic heterocycles. The summed E-state index contributed by atoms with van der Waals surface area (Å²) in [5.74, 6) is 2.09. The predicted molar refractivity (Wildman–Crippen MR) is 118 cm³/mol. The number of aromatic nitrogens is 2. The summed E-state index contributed by atoms with van der Waals surface area (Å²) in [4.78, 5) is 11.9. The van der Waals surface area contributed by atoms with Crippen molar-refractivity contribution in [3.63, 3.8) is 0 Å². The summed E-state index contributed by atoms with van der Waals surface area (Å²) in [5, 5.41) is 16.9. The zero-order chi connectivity index (χ0) is 20.2. The second-order valence-electron chi connectivity index (χ2n) is 8.72. The lowest BCUT2D eigenvalue weighted by molar-refractivity contribution is 0.126. The Hall–Kier alpha value is -2.18. The zero-order valence-corrected chi connectivity index (χ0v) is 17.6. The molecule has 0 unspecified atom stereocenters. The van der Waals surface area contributed by atoms with Crippen LogP contribution in [-0.4, -0.2) is 52.3 Å². The lowest BCUT2D eigenvalue weighted by Crippen LogP contribution is -2.31. The molecule has 4 rings (SSSR count). The highest BCUT2D eigenvalue weighted by molar-refractivity contribution is 5.57. The van der Waals surface area contributed by atoms with E-state index in [0.717, 1.165) is 63.1 Å². The maximum absolute atomic E-state index is 9.84. The van der Waals surface area contributed by atoms with Crippen LogP contribution in [0.1, 0.15) is 55.6 Å². The van der Waals surface area contributed by atoms with Crippen molar-refractivity contribution < 1.29 is 5.11 Å². The number of piperidine rings is 1. The molecule has 0 radical (unpaired) electrons. The molecule has 2 heterocycles. The second kappa shape index (κ2) is 9.09. The number of aliphatic hydroxyl groups excluding tert-OH is 1. The third kappa shape index (κ3) is 5.25. The number of aryl methyl sites for hydroxylation is 1. The highest BCUT2D eigenvalue weighted by Crippen LogP contribution is 2.33. The first-order valence-electron chi connectivity index (χ1n) is 10.9. The van der Waals surface area contributed by atoms with Crippen molar-refractivity contribution >= 4 is 17.5 Å². The first-order chi connectivity index (χ1) is 14.1. The minimum absolute atomic E-state index is 0.148. The number of nitrogens with one attached hydrogen (secondary N) is 2. The molecule has 6 heteroatoms. The minimum Gasteiger partial charge on any atom is -0.393 e. The molecule has 29 heavy (non-hydrogen) atoms. The van der Waals surface area contributed by atoms with Crippen molar-refractivity contribution in [2.45, 2.75) is 63.5 Å². The van der Waals surface area contributed by atoms with Gasteiger partial charge in [-0.1, -0.05) is 12.1 Å². The van der Waals surface area contributed by atoms with Gasteiger partial charge in [-0.15, -0.1) is 0 Å². The average Bonchev–Trinajstić information content (AvgIpc) is 2.71. The molecule has 1 aromatic carbocycles. The van der Waals surface area contributed by atoms with E-state index in [0.29, 0.717) is 17.9 Å². The van der Waals surface area contributed by atoms with E-state index in [9.17, 15) is 5.11 Å². The fourth-order valence-corrected chi connectivity index (χ4v) is 4.45. The Kier molecular flexibility index (Phi) is 6.31. The SMILES string of the molecule is Cc1cccc(Nc2ncc(C3CCN(C)CC3)c(NC3CCC(O)CC3)n2)c1. The Morgan fingerprint density at radius 3 is 2.55 bits per heavy atom. The van der Waals surface area contributed by atoms with Gasteiger partial charge in [0.1, 0.15) is 5.82 Å². The van der Waals surface area contributed by atoms with Crippen LogP contribution in [0.2, 0.25) is 0 Å². The van der Waals surface area contributed by atoms with Crippen molar-refractivity contribution in [2.75, 3.05) is 30.8 Å². The summed E-state index contributed by atoms with van der Waals surface area (Å²) >= 11 is 0. The molecular weight excluding hydrogens is 362 g/mol.